The van der Waals surface area contributed by atoms with Crippen LogP contribution in [0.5, 0.6) is 11.5 Å². The summed E-state index contributed by atoms with van der Waals surface area (Å²) >= 11 is 0. The van der Waals surface area contributed by atoms with E-state index in [0.29, 0.717) is 19.1 Å². The number of benzene rings is 1. The summed E-state index contributed by atoms with van der Waals surface area (Å²) in [5, 5.41) is 6.64. The number of nitrogens with zero attached hydrogens (tertiary/aromatic N) is 1. The van der Waals surface area contributed by atoms with E-state index in [0.717, 1.165) is 75.4 Å². The number of ether oxygens (including phenoxy) is 4. The highest BCUT2D eigenvalue weighted by molar-refractivity contribution is 5.79. The minimum Gasteiger partial charge on any atom is -0.493 e. The third kappa shape index (κ3) is 7.94. The van der Waals surface area contributed by atoms with Crippen LogP contribution in [0, 0.1) is 5.92 Å². The van der Waals surface area contributed by atoms with Gasteiger partial charge in [0.25, 0.3) is 0 Å². The lowest BCUT2D eigenvalue weighted by Crippen LogP contribution is -2.38. The van der Waals surface area contributed by atoms with E-state index in [2.05, 4.69) is 22.5 Å². The minimum absolute atomic E-state index is 0.567. The summed E-state index contributed by atoms with van der Waals surface area (Å²) in [7, 11) is 1.65. The van der Waals surface area contributed by atoms with E-state index in [1.807, 2.05) is 25.1 Å². The summed E-state index contributed by atoms with van der Waals surface area (Å²) in [5.41, 5.74) is 1.07. The van der Waals surface area contributed by atoms with Gasteiger partial charge in [-0.3, -0.25) is 0 Å². The third-order valence-corrected chi connectivity index (χ3v) is 4.43. The fourth-order valence-corrected chi connectivity index (χ4v) is 2.95. The molecule has 0 spiro atoms. The first-order chi connectivity index (χ1) is 13.8. The number of guanidine groups is 1. The SMILES string of the molecule is CCNC(=NCc1ccc(OC)c(OCC)c1)NCCCOCC1CCOC1. The Balaban J connectivity index is 1.75. The Morgan fingerprint density at radius 3 is 2.86 bits per heavy atom. The Morgan fingerprint density at radius 2 is 2.14 bits per heavy atom. The normalized spacial score (nSPS) is 16.8. The second-order valence-corrected chi connectivity index (χ2v) is 6.70. The first-order valence-corrected chi connectivity index (χ1v) is 10.2. The fourth-order valence-electron chi connectivity index (χ4n) is 2.95. The molecule has 1 aromatic rings. The van der Waals surface area contributed by atoms with Crippen molar-refractivity contribution in [1.29, 1.82) is 0 Å². The highest BCUT2D eigenvalue weighted by atomic mass is 16.5. The molecule has 0 aliphatic carbocycles. The zero-order valence-corrected chi connectivity index (χ0v) is 17.5. The van der Waals surface area contributed by atoms with Crippen LogP contribution in [0.25, 0.3) is 0 Å². The van der Waals surface area contributed by atoms with Crippen LogP contribution in [-0.4, -0.2) is 59.2 Å². The van der Waals surface area contributed by atoms with Gasteiger partial charge in [-0.1, -0.05) is 6.07 Å². The van der Waals surface area contributed by atoms with E-state index in [1.54, 1.807) is 7.11 Å². The van der Waals surface area contributed by atoms with Gasteiger partial charge in [0, 0.05) is 32.2 Å². The van der Waals surface area contributed by atoms with Crippen molar-refractivity contribution in [2.75, 3.05) is 53.2 Å². The molecule has 7 nitrogen and oxygen atoms in total. The van der Waals surface area contributed by atoms with E-state index in [1.165, 1.54) is 0 Å². The maximum Gasteiger partial charge on any atom is 0.191 e. The van der Waals surface area contributed by atoms with Gasteiger partial charge in [0.05, 0.1) is 33.5 Å². The molecule has 0 saturated carbocycles. The molecule has 1 heterocycles. The van der Waals surface area contributed by atoms with Crippen LogP contribution in [0.1, 0.15) is 32.3 Å². The Bertz CT molecular complexity index is 589. The summed E-state index contributed by atoms with van der Waals surface area (Å²) in [5.74, 6) is 2.86. The molecule has 1 aliphatic heterocycles. The van der Waals surface area contributed by atoms with Crippen LogP contribution in [0.3, 0.4) is 0 Å². The summed E-state index contributed by atoms with van der Waals surface area (Å²) in [6, 6.07) is 5.91. The van der Waals surface area contributed by atoms with Crippen molar-refractivity contribution in [2.24, 2.45) is 10.9 Å². The fraction of sp³-hybridized carbons (Fsp3) is 0.667. The van der Waals surface area contributed by atoms with Crippen LogP contribution in [0.2, 0.25) is 0 Å². The first-order valence-electron chi connectivity index (χ1n) is 10.2. The topological polar surface area (TPSA) is 73.3 Å². The van der Waals surface area contributed by atoms with Crippen molar-refractivity contribution >= 4 is 5.96 Å². The lowest BCUT2D eigenvalue weighted by molar-refractivity contribution is 0.0888. The molecule has 1 atom stereocenters. The van der Waals surface area contributed by atoms with Crippen molar-refractivity contribution in [3.8, 4) is 11.5 Å². The molecule has 0 aromatic heterocycles. The number of hydrogen-bond donors (Lipinski definition) is 2. The number of methoxy groups -OCH3 is 1. The first kappa shape index (κ1) is 22.3. The number of hydrogen-bond acceptors (Lipinski definition) is 5. The standard InChI is InChI=1S/C21H35N3O4/c1-4-22-21(23-10-6-11-26-15-18-9-12-27-16-18)24-14-17-7-8-19(25-3)20(13-17)28-5-2/h7-8,13,18H,4-6,9-12,14-16H2,1-3H3,(H2,22,23,24). The van der Waals surface area contributed by atoms with Crippen molar-refractivity contribution in [3.63, 3.8) is 0 Å². The molecule has 2 N–H and O–H groups in total. The third-order valence-electron chi connectivity index (χ3n) is 4.43. The second kappa shape index (κ2) is 13.2. The maximum atomic E-state index is 5.74. The van der Waals surface area contributed by atoms with E-state index in [4.69, 9.17) is 18.9 Å². The molecule has 0 bridgehead atoms. The van der Waals surface area contributed by atoms with Gasteiger partial charge in [0.1, 0.15) is 0 Å². The predicted molar refractivity (Wildman–Crippen MR) is 111 cm³/mol. The largest absolute Gasteiger partial charge is 0.493 e. The van der Waals surface area contributed by atoms with E-state index < -0.39 is 0 Å². The molecule has 7 heteroatoms. The van der Waals surface area contributed by atoms with Gasteiger partial charge in [0.2, 0.25) is 0 Å². The van der Waals surface area contributed by atoms with E-state index in [9.17, 15) is 0 Å². The minimum atomic E-state index is 0.567. The van der Waals surface area contributed by atoms with E-state index >= 15 is 0 Å². The van der Waals surface area contributed by atoms with Crippen LogP contribution >= 0.6 is 0 Å². The van der Waals surface area contributed by atoms with Gasteiger partial charge >= 0.3 is 0 Å². The van der Waals surface area contributed by atoms with Gasteiger partial charge < -0.3 is 29.6 Å². The summed E-state index contributed by atoms with van der Waals surface area (Å²) in [6.45, 7) is 10.1. The van der Waals surface area contributed by atoms with Crippen LogP contribution in [-0.2, 0) is 16.0 Å². The predicted octanol–water partition coefficient (Wildman–Crippen LogP) is 2.59. The Hall–Kier alpha value is -1.99. The van der Waals surface area contributed by atoms with Crippen molar-refractivity contribution in [3.05, 3.63) is 23.8 Å². The van der Waals surface area contributed by atoms with Crippen molar-refractivity contribution in [1.82, 2.24) is 10.6 Å². The molecule has 1 aromatic carbocycles. The van der Waals surface area contributed by atoms with E-state index in [-0.39, 0.29) is 0 Å². The smallest absolute Gasteiger partial charge is 0.191 e. The molecule has 1 aliphatic rings. The van der Waals surface area contributed by atoms with Crippen molar-refractivity contribution < 1.29 is 18.9 Å². The number of nitrogens with one attached hydrogen (secondary N) is 2. The molecular formula is C21H35N3O4. The van der Waals surface area contributed by atoms with Crippen molar-refractivity contribution in [2.45, 2.75) is 33.2 Å². The number of aliphatic imine (C=N–C) groups is 1. The van der Waals surface area contributed by atoms with Gasteiger partial charge in [0.15, 0.2) is 17.5 Å². The Morgan fingerprint density at radius 1 is 1.25 bits per heavy atom. The molecule has 28 heavy (non-hydrogen) atoms. The Kier molecular flexibility index (Phi) is 10.5. The molecule has 158 valence electrons. The maximum absolute atomic E-state index is 5.74. The second-order valence-electron chi connectivity index (χ2n) is 6.70. The molecule has 0 amide bonds. The zero-order chi connectivity index (χ0) is 20.0. The van der Waals surface area contributed by atoms with Crippen LogP contribution in [0.4, 0.5) is 0 Å². The summed E-state index contributed by atoms with van der Waals surface area (Å²) < 4.78 is 22.1. The van der Waals surface area contributed by atoms with Crippen LogP contribution in [0.15, 0.2) is 23.2 Å². The highest BCUT2D eigenvalue weighted by Crippen LogP contribution is 2.28. The van der Waals surface area contributed by atoms with Crippen LogP contribution < -0.4 is 20.1 Å². The quantitative estimate of drug-likeness (QED) is 0.323. The molecule has 1 unspecified atom stereocenters. The molecule has 1 saturated heterocycles. The zero-order valence-electron chi connectivity index (χ0n) is 17.5. The molecule has 1 fully saturated rings. The highest BCUT2D eigenvalue weighted by Gasteiger charge is 2.15. The van der Waals surface area contributed by atoms with Gasteiger partial charge in [-0.15, -0.1) is 0 Å². The van der Waals surface area contributed by atoms with Gasteiger partial charge in [-0.2, -0.15) is 0 Å². The lowest BCUT2D eigenvalue weighted by Gasteiger charge is -2.13. The molecular weight excluding hydrogens is 358 g/mol. The summed E-state index contributed by atoms with van der Waals surface area (Å²) in [4.78, 5) is 4.66. The molecule has 0 radical (unpaired) electrons. The average molecular weight is 394 g/mol. The monoisotopic (exact) mass is 393 g/mol. The lowest BCUT2D eigenvalue weighted by atomic mass is 10.1. The Labute approximate surface area is 168 Å². The van der Waals surface area contributed by atoms with Gasteiger partial charge in [-0.25, -0.2) is 4.99 Å². The summed E-state index contributed by atoms with van der Waals surface area (Å²) in [6.07, 6.45) is 2.06. The van der Waals surface area contributed by atoms with Gasteiger partial charge in [-0.05, 0) is 44.4 Å². The molecule has 2 rings (SSSR count). The number of rotatable bonds is 12. The average Bonchev–Trinajstić information content (AvgIpc) is 3.22.